The van der Waals surface area contributed by atoms with Crippen LogP contribution in [0.2, 0.25) is 0 Å². The molecular weight excluding hydrogens is 172 g/mol. The smallest absolute Gasteiger partial charge is 0.415 e. The molecule has 0 aromatic rings. The molecule has 0 aromatic carbocycles. The first-order valence-electron chi connectivity index (χ1n) is 2.85. The molecule has 0 saturated carbocycles. The number of carbonyl (C=O) groups excluding carboxylic acids is 1. The van der Waals surface area contributed by atoms with E-state index in [1.165, 1.54) is 7.05 Å². The Balaban J connectivity index is 0. The lowest BCUT2D eigenvalue weighted by Crippen LogP contribution is -2.41. The lowest BCUT2D eigenvalue weighted by atomic mass is 10.6. The van der Waals surface area contributed by atoms with Crippen molar-refractivity contribution < 1.29 is 14.7 Å². The molecular formula is C5H11ClN2O3. The van der Waals surface area contributed by atoms with Gasteiger partial charge in [-0.25, -0.2) is 14.5 Å². The average Bonchev–Trinajstić information content (AvgIpc) is 1.88. The van der Waals surface area contributed by atoms with E-state index < -0.39 is 12.1 Å². The second-order valence-electron chi connectivity index (χ2n) is 1.58. The van der Waals surface area contributed by atoms with Gasteiger partial charge in [-0.1, -0.05) is 0 Å². The first kappa shape index (κ1) is 12.7. The van der Waals surface area contributed by atoms with Gasteiger partial charge >= 0.3 is 12.1 Å². The third kappa shape index (κ3) is 3.67. The van der Waals surface area contributed by atoms with Crippen molar-refractivity contribution in [3.05, 3.63) is 0 Å². The topological polar surface area (TPSA) is 69.6 Å². The Kier molecular flexibility index (Phi) is 6.67. The number of hydrogen-bond acceptors (Lipinski definition) is 2. The molecule has 0 spiro atoms. The van der Waals surface area contributed by atoms with Crippen LogP contribution in [0.15, 0.2) is 0 Å². The van der Waals surface area contributed by atoms with Gasteiger partial charge in [-0.2, -0.15) is 0 Å². The highest BCUT2D eigenvalue weighted by atomic mass is 35.5. The number of amides is 3. The summed E-state index contributed by atoms with van der Waals surface area (Å²) < 4.78 is 0. The summed E-state index contributed by atoms with van der Waals surface area (Å²) in [6.07, 6.45) is -1.23. The van der Waals surface area contributed by atoms with Crippen LogP contribution in [0.5, 0.6) is 0 Å². The number of carboxylic acid groups (broad SMARTS) is 1. The molecule has 0 aliphatic heterocycles. The summed E-state index contributed by atoms with van der Waals surface area (Å²) in [5.41, 5.74) is 0. The number of urea groups is 1. The van der Waals surface area contributed by atoms with E-state index in [4.69, 9.17) is 5.11 Å². The number of halogens is 1. The predicted molar refractivity (Wildman–Crippen MR) is 42.1 cm³/mol. The quantitative estimate of drug-likeness (QED) is 0.629. The summed E-state index contributed by atoms with van der Waals surface area (Å²) in [7, 11) is 1.38. The zero-order valence-electron chi connectivity index (χ0n) is 6.33. The summed E-state index contributed by atoms with van der Waals surface area (Å²) in [5.74, 6) is 0. The number of imide groups is 1. The molecule has 0 radical (unpaired) electrons. The van der Waals surface area contributed by atoms with Crippen LogP contribution in [-0.2, 0) is 0 Å². The van der Waals surface area contributed by atoms with Crippen LogP contribution in [0.1, 0.15) is 6.92 Å². The fraction of sp³-hybridized carbons (Fsp3) is 0.600. The molecule has 0 atom stereocenters. The Bertz CT molecular complexity index is 151. The second-order valence-corrected chi connectivity index (χ2v) is 1.58. The number of carbonyl (C=O) groups is 2. The van der Waals surface area contributed by atoms with E-state index in [0.29, 0.717) is 4.90 Å². The third-order valence-corrected chi connectivity index (χ3v) is 1.01. The zero-order chi connectivity index (χ0) is 8.15. The Hall–Kier alpha value is -0.970. The summed E-state index contributed by atoms with van der Waals surface area (Å²) in [6, 6.07) is -0.602. The van der Waals surface area contributed by atoms with Crippen LogP contribution < -0.4 is 5.32 Å². The molecule has 0 aliphatic carbocycles. The molecule has 11 heavy (non-hydrogen) atoms. The summed E-state index contributed by atoms with van der Waals surface area (Å²) in [6.45, 7) is 1.75. The lowest BCUT2D eigenvalue weighted by Gasteiger charge is -2.12. The van der Waals surface area contributed by atoms with Gasteiger partial charge in [-0.3, -0.25) is 0 Å². The van der Waals surface area contributed by atoms with Gasteiger partial charge in [-0.05, 0) is 6.92 Å². The first-order valence-corrected chi connectivity index (χ1v) is 2.85. The zero-order valence-corrected chi connectivity index (χ0v) is 7.14. The first-order chi connectivity index (χ1) is 4.63. The highest BCUT2D eigenvalue weighted by Crippen LogP contribution is 1.87. The van der Waals surface area contributed by atoms with Crippen molar-refractivity contribution >= 4 is 24.5 Å². The van der Waals surface area contributed by atoms with Gasteiger partial charge < -0.3 is 10.4 Å². The van der Waals surface area contributed by atoms with E-state index in [2.05, 4.69) is 5.32 Å². The van der Waals surface area contributed by atoms with Crippen LogP contribution >= 0.6 is 12.4 Å². The summed E-state index contributed by atoms with van der Waals surface area (Å²) >= 11 is 0. The maximum Gasteiger partial charge on any atom is 0.415 e. The molecule has 0 saturated heterocycles. The van der Waals surface area contributed by atoms with Gasteiger partial charge in [0.1, 0.15) is 0 Å². The van der Waals surface area contributed by atoms with Gasteiger partial charge in [0.25, 0.3) is 0 Å². The Morgan fingerprint density at radius 2 is 2.00 bits per heavy atom. The average molecular weight is 183 g/mol. The van der Waals surface area contributed by atoms with Crippen molar-refractivity contribution in [3.63, 3.8) is 0 Å². The normalized spacial score (nSPS) is 7.82. The molecule has 0 bridgehead atoms. The molecule has 0 unspecified atom stereocenters. The summed E-state index contributed by atoms with van der Waals surface area (Å²) in [5, 5.41) is 10.5. The maximum absolute atomic E-state index is 10.6. The third-order valence-electron chi connectivity index (χ3n) is 1.01. The molecule has 0 aromatic heterocycles. The molecule has 66 valence electrons. The van der Waals surface area contributed by atoms with E-state index >= 15 is 0 Å². The predicted octanol–water partition coefficient (Wildman–Crippen LogP) is 0.748. The van der Waals surface area contributed by atoms with Crippen molar-refractivity contribution in [2.24, 2.45) is 0 Å². The van der Waals surface area contributed by atoms with Crippen molar-refractivity contribution in [2.75, 3.05) is 13.6 Å². The number of rotatable bonds is 1. The van der Waals surface area contributed by atoms with Crippen molar-refractivity contribution in [1.29, 1.82) is 0 Å². The van der Waals surface area contributed by atoms with E-state index in [0.717, 1.165) is 0 Å². The number of nitrogens with one attached hydrogen (secondary N) is 1. The largest absolute Gasteiger partial charge is 0.465 e. The molecule has 3 amide bonds. The van der Waals surface area contributed by atoms with Crippen molar-refractivity contribution in [1.82, 2.24) is 10.2 Å². The number of nitrogens with zero attached hydrogens (tertiary/aromatic N) is 1. The fourth-order valence-electron chi connectivity index (χ4n) is 0.501. The summed E-state index contributed by atoms with van der Waals surface area (Å²) in [4.78, 5) is 21.5. The highest BCUT2D eigenvalue weighted by molar-refractivity contribution is 5.89. The van der Waals surface area contributed by atoms with Crippen molar-refractivity contribution in [2.45, 2.75) is 6.92 Å². The van der Waals surface area contributed by atoms with Gasteiger partial charge in [0.15, 0.2) is 0 Å². The molecule has 6 heteroatoms. The minimum Gasteiger partial charge on any atom is -0.465 e. The van der Waals surface area contributed by atoms with Gasteiger partial charge in [-0.15, -0.1) is 12.4 Å². The van der Waals surface area contributed by atoms with Crippen LogP contribution in [0.25, 0.3) is 0 Å². The molecule has 2 N–H and O–H groups in total. The highest BCUT2D eigenvalue weighted by Gasteiger charge is 2.15. The van der Waals surface area contributed by atoms with Gasteiger partial charge in [0.2, 0.25) is 0 Å². The monoisotopic (exact) mass is 182 g/mol. The van der Waals surface area contributed by atoms with Crippen molar-refractivity contribution in [3.8, 4) is 0 Å². The number of hydrogen-bond donors (Lipinski definition) is 2. The fourth-order valence-corrected chi connectivity index (χ4v) is 0.501. The van der Waals surface area contributed by atoms with Gasteiger partial charge in [0.05, 0.1) is 0 Å². The van der Waals surface area contributed by atoms with Crippen LogP contribution in [0.3, 0.4) is 0 Å². The molecule has 0 rings (SSSR count). The van der Waals surface area contributed by atoms with E-state index in [9.17, 15) is 9.59 Å². The second kappa shape index (κ2) is 5.79. The molecule has 0 heterocycles. The minimum atomic E-state index is -1.23. The van der Waals surface area contributed by atoms with Gasteiger partial charge in [0, 0.05) is 13.6 Å². The SMILES string of the molecule is CCN(C(=O)O)C(=O)NC.Cl. The maximum atomic E-state index is 10.6. The lowest BCUT2D eigenvalue weighted by molar-refractivity contribution is 0.150. The van der Waals surface area contributed by atoms with E-state index in [1.807, 2.05) is 0 Å². The van der Waals surface area contributed by atoms with E-state index in [-0.39, 0.29) is 19.0 Å². The standard InChI is InChI=1S/C5H10N2O3.ClH/c1-3-7(5(9)10)4(8)6-2;/h3H2,1-2H3,(H,6,8)(H,9,10);1H. The Morgan fingerprint density at radius 1 is 1.55 bits per heavy atom. The molecule has 0 aliphatic rings. The van der Waals surface area contributed by atoms with Crippen LogP contribution in [0, 0.1) is 0 Å². The Morgan fingerprint density at radius 3 is 2.09 bits per heavy atom. The van der Waals surface area contributed by atoms with Crippen LogP contribution in [0.4, 0.5) is 9.59 Å². The van der Waals surface area contributed by atoms with E-state index in [1.54, 1.807) is 6.92 Å². The Labute approximate surface area is 70.8 Å². The minimum absolute atomic E-state index is 0. The molecule has 5 nitrogen and oxygen atoms in total. The molecule has 0 fully saturated rings. The van der Waals surface area contributed by atoms with Crippen LogP contribution in [-0.4, -0.2) is 35.7 Å².